The van der Waals surface area contributed by atoms with Gasteiger partial charge in [0.1, 0.15) is 0 Å². The Kier molecular flexibility index (Phi) is 7.10. The minimum absolute atomic E-state index is 0.122. The van der Waals surface area contributed by atoms with Gasteiger partial charge in [0.2, 0.25) is 0 Å². The van der Waals surface area contributed by atoms with Gasteiger partial charge in [0, 0.05) is 27.1 Å². The first-order valence-electron chi connectivity index (χ1n) is 11.6. The molecule has 6 heteroatoms. The van der Waals surface area contributed by atoms with Crippen molar-refractivity contribution in [1.29, 1.82) is 0 Å². The number of rotatable bonds is 4. The summed E-state index contributed by atoms with van der Waals surface area (Å²) in [5, 5.41) is 8.58. The molecular weight excluding hydrogens is 499 g/mol. The molecule has 1 fully saturated rings. The molecule has 0 radical (unpaired) electrons. The highest BCUT2D eigenvalue weighted by atomic mass is 35.5. The fourth-order valence-electron chi connectivity index (χ4n) is 4.75. The maximum absolute atomic E-state index is 13.4. The molecule has 0 saturated heterocycles. The van der Waals surface area contributed by atoms with Crippen molar-refractivity contribution >= 4 is 58.6 Å². The Balaban J connectivity index is 1.50. The van der Waals surface area contributed by atoms with Gasteiger partial charge in [0.25, 0.3) is 5.91 Å². The number of carbonyl (C=O) groups is 1. The van der Waals surface area contributed by atoms with E-state index in [9.17, 15) is 4.79 Å². The number of hydrazone groups is 1. The van der Waals surface area contributed by atoms with Crippen LogP contribution in [0.3, 0.4) is 0 Å². The van der Waals surface area contributed by atoms with Crippen LogP contribution in [0.1, 0.15) is 42.0 Å². The van der Waals surface area contributed by atoms with Gasteiger partial charge in [-0.2, -0.15) is 5.10 Å². The van der Waals surface area contributed by atoms with Crippen LogP contribution in [0, 0.1) is 5.92 Å². The molecule has 5 rings (SSSR count). The van der Waals surface area contributed by atoms with Crippen LogP contribution in [0.2, 0.25) is 15.1 Å². The topological polar surface area (TPSA) is 32.7 Å². The Labute approximate surface area is 220 Å². The summed E-state index contributed by atoms with van der Waals surface area (Å²) in [7, 11) is 0. The van der Waals surface area contributed by atoms with E-state index in [0.29, 0.717) is 15.1 Å². The zero-order valence-corrected chi connectivity index (χ0v) is 21.1. The lowest BCUT2D eigenvalue weighted by Gasteiger charge is -2.29. The molecule has 3 aromatic carbocycles. The van der Waals surface area contributed by atoms with Gasteiger partial charge < -0.3 is 0 Å². The Bertz CT molecular complexity index is 1310. The van der Waals surface area contributed by atoms with Gasteiger partial charge in [-0.25, -0.2) is 5.01 Å². The molecule has 0 aromatic heterocycles. The van der Waals surface area contributed by atoms with E-state index in [4.69, 9.17) is 39.9 Å². The molecule has 1 amide bonds. The lowest BCUT2D eigenvalue weighted by atomic mass is 9.77. The smallest absolute Gasteiger partial charge is 0.267 e. The van der Waals surface area contributed by atoms with Crippen LogP contribution >= 0.6 is 34.8 Å². The third-order valence-electron chi connectivity index (χ3n) is 6.44. The van der Waals surface area contributed by atoms with E-state index in [0.717, 1.165) is 41.7 Å². The SMILES string of the molecule is O=C(/C=C/c1ccc(Cl)cc1)N1N=C2/C(=C/c3ccc(Cl)cc3)CCCC2C1c1ccc(Cl)cc1. The summed E-state index contributed by atoms with van der Waals surface area (Å²) < 4.78 is 0. The Morgan fingerprint density at radius 1 is 0.829 bits per heavy atom. The normalized spacial score (nSPS) is 20.8. The average Bonchev–Trinajstić information content (AvgIpc) is 3.26. The van der Waals surface area contributed by atoms with Gasteiger partial charge in [-0.15, -0.1) is 0 Å². The molecule has 2 unspecified atom stereocenters. The molecule has 1 saturated carbocycles. The van der Waals surface area contributed by atoms with E-state index in [2.05, 4.69) is 6.08 Å². The largest absolute Gasteiger partial charge is 0.268 e. The summed E-state index contributed by atoms with van der Waals surface area (Å²) in [5.41, 5.74) is 5.15. The van der Waals surface area contributed by atoms with E-state index < -0.39 is 0 Å². The van der Waals surface area contributed by atoms with Crippen LogP contribution in [0.25, 0.3) is 12.2 Å². The number of carbonyl (C=O) groups excluding carboxylic acids is 1. The number of allylic oxidation sites excluding steroid dienone is 1. The van der Waals surface area contributed by atoms with E-state index in [1.165, 1.54) is 5.57 Å². The zero-order valence-electron chi connectivity index (χ0n) is 18.9. The Morgan fingerprint density at radius 3 is 2.03 bits per heavy atom. The number of hydrogen-bond acceptors (Lipinski definition) is 2. The number of halogens is 3. The van der Waals surface area contributed by atoms with Crippen molar-refractivity contribution in [2.24, 2.45) is 11.0 Å². The monoisotopic (exact) mass is 520 g/mol. The minimum Gasteiger partial charge on any atom is -0.268 e. The highest BCUT2D eigenvalue weighted by Gasteiger charge is 2.43. The van der Waals surface area contributed by atoms with Crippen LogP contribution < -0.4 is 0 Å². The van der Waals surface area contributed by atoms with Gasteiger partial charge in [-0.1, -0.05) is 71.2 Å². The second-order valence-electron chi connectivity index (χ2n) is 8.77. The van der Waals surface area contributed by atoms with Crippen molar-refractivity contribution < 1.29 is 4.79 Å². The molecule has 1 aliphatic heterocycles. The fraction of sp³-hybridized carbons (Fsp3) is 0.172. The molecule has 2 aliphatic rings. The molecular formula is C29H23Cl3N2O. The van der Waals surface area contributed by atoms with Crippen molar-refractivity contribution in [2.75, 3.05) is 0 Å². The average molecular weight is 522 g/mol. The molecule has 0 spiro atoms. The number of amides is 1. The standard InChI is InChI=1S/C29H23Cl3N2O/c30-23-11-4-19(5-12-23)8-17-27(35)34-29(21-9-15-25(32)16-10-21)26-3-1-2-22(28(26)33-34)18-20-6-13-24(31)14-7-20/h4-18,26,29H,1-3H2/b17-8+,22-18+. The first-order chi connectivity index (χ1) is 17.0. The van der Waals surface area contributed by atoms with Crippen molar-refractivity contribution in [1.82, 2.24) is 5.01 Å². The van der Waals surface area contributed by atoms with Crippen molar-refractivity contribution in [3.05, 3.63) is 116 Å². The van der Waals surface area contributed by atoms with Crippen LogP contribution in [0.5, 0.6) is 0 Å². The van der Waals surface area contributed by atoms with E-state index in [1.807, 2.05) is 60.7 Å². The van der Waals surface area contributed by atoms with Gasteiger partial charge >= 0.3 is 0 Å². The van der Waals surface area contributed by atoms with E-state index in [1.54, 1.807) is 29.3 Å². The first-order valence-corrected chi connectivity index (χ1v) is 12.7. The van der Waals surface area contributed by atoms with Crippen LogP contribution in [0.4, 0.5) is 0 Å². The van der Waals surface area contributed by atoms with Crippen LogP contribution in [-0.2, 0) is 4.79 Å². The van der Waals surface area contributed by atoms with Crippen LogP contribution in [-0.4, -0.2) is 16.6 Å². The minimum atomic E-state index is -0.182. The third-order valence-corrected chi connectivity index (χ3v) is 7.19. The number of fused-ring (bicyclic) bond motifs is 1. The van der Waals surface area contributed by atoms with Gasteiger partial charge in [-0.05, 0) is 90.1 Å². The highest BCUT2D eigenvalue weighted by molar-refractivity contribution is 6.31. The van der Waals surface area contributed by atoms with E-state index in [-0.39, 0.29) is 17.9 Å². The molecule has 3 aromatic rings. The summed E-state index contributed by atoms with van der Waals surface area (Å²) in [6.45, 7) is 0. The zero-order chi connectivity index (χ0) is 24.4. The van der Waals surface area contributed by atoms with Gasteiger partial charge in [0.05, 0.1) is 11.8 Å². The number of hydrogen-bond donors (Lipinski definition) is 0. The lowest BCUT2D eigenvalue weighted by Crippen LogP contribution is -2.30. The quantitative estimate of drug-likeness (QED) is 0.317. The van der Waals surface area contributed by atoms with E-state index >= 15 is 0 Å². The summed E-state index contributed by atoms with van der Waals surface area (Å²) in [6, 6.07) is 22.7. The lowest BCUT2D eigenvalue weighted by molar-refractivity contribution is -0.128. The summed E-state index contributed by atoms with van der Waals surface area (Å²) in [4.78, 5) is 13.4. The molecule has 0 bridgehead atoms. The maximum atomic E-state index is 13.4. The number of nitrogens with zero attached hydrogens (tertiary/aromatic N) is 2. The van der Waals surface area contributed by atoms with Crippen molar-refractivity contribution in [3.8, 4) is 0 Å². The van der Waals surface area contributed by atoms with Gasteiger partial charge in [-0.3, -0.25) is 4.79 Å². The first kappa shape index (κ1) is 23.9. The third kappa shape index (κ3) is 5.38. The summed E-state index contributed by atoms with van der Waals surface area (Å²) >= 11 is 18.2. The second kappa shape index (κ2) is 10.4. The number of benzene rings is 3. The maximum Gasteiger partial charge on any atom is 0.267 e. The molecule has 2 atom stereocenters. The summed E-state index contributed by atoms with van der Waals surface area (Å²) in [6.07, 6.45) is 8.47. The Hall–Kier alpha value is -2.85. The molecule has 176 valence electrons. The molecule has 1 aliphatic carbocycles. The molecule has 3 nitrogen and oxygen atoms in total. The van der Waals surface area contributed by atoms with Crippen LogP contribution in [0.15, 0.2) is 89.5 Å². The predicted molar refractivity (Wildman–Crippen MR) is 146 cm³/mol. The molecule has 0 N–H and O–H groups in total. The molecule has 35 heavy (non-hydrogen) atoms. The van der Waals surface area contributed by atoms with Crippen molar-refractivity contribution in [2.45, 2.75) is 25.3 Å². The Morgan fingerprint density at radius 2 is 1.40 bits per heavy atom. The fourth-order valence-corrected chi connectivity index (χ4v) is 5.13. The van der Waals surface area contributed by atoms with Gasteiger partial charge in [0.15, 0.2) is 0 Å². The van der Waals surface area contributed by atoms with Crippen molar-refractivity contribution in [3.63, 3.8) is 0 Å². The highest BCUT2D eigenvalue weighted by Crippen LogP contribution is 2.44. The predicted octanol–water partition coefficient (Wildman–Crippen LogP) is 8.48. The molecule has 1 heterocycles. The second-order valence-corrected chi connectivity index (χ2v) is 10.1. The summed E-state index contributed by atoms with van der Waals surface area (Å²) in [5.74, 6) is -0.0380.